The van der Waals surface area contributed by atoms with Crippen LogP contribution in [0.25, 0.3) is 11.3 Å². The molecule has 0 spiro atoms. The van der Waals surface area contributed by atoms with Gasteiger partial charge in [-0.25, -0.2) is 0 Å². The topological polar surface area (TPSA) is 161 Å². The first-order chi connectivity index (χ1) is 30.2. The van der Waals surface area contributed by atoms with E-state index in [2.05, 4.69) is 78.4 Å². The van der Waals surface area contributed by atoms with Crippen LogP contribution in [-0.4, -0.2) is 119 Å². The highest BCUT2D eigenvalue weighted by Crippen LogP contribution is 2.45. The largest absolute Gasteiger partial charge is 0.507 e. The van der Waals surface area contributed by atoms with Gasteiger partial charge in [0.25, 0.3) is 0 Å². The number of aromatic hydroxyl groups is 1. The molecule has 5 fully saturated rings. The summed E-state index contributed by atoms with van der Waals surface area (Å²) in [6.45, 7) is 8.26. The number of carbonyl (C=O) groups excluding carboxylic acids is 3. The van der Waals surface area contributed by atoms with Crippen molar-refractivity contribution in [3.63, 3.8) is 0 Å². The second kappa shape index (κ2) is 16.8. The standard InChI is InChI=1S/C48H57N9O5/c1-30-26-56(41-14-15-44(59)50-48(41)61)40-10-5-9-37(46(30)40)31-16-20-53(21-17-31)29-45(60)54-22-18-35(19-23-54)62-36-7-4-6-32(24-36)57-33-12-13-34(57)28-55(27-33)42-25-39(51-52-47(42)49)38-8-2-3-11-43(38)58/h2-11,24-25,30-31,33-35,41,58H,12-23,26-29H2,1H3,(H2,49,52)(H,50,59,61)/t30-,33-,34+,41?/m1/s1. The van der Waals surface area contributed by atoms with Gasteiger partial charge in [0.15, 0.2) is 5.82 Å². The molecule has 6 aliphatic heterocycles. The number of ether oxygens (including phenoxy) is 1. The molecular formula is C48H57N9O5. The lowest BCUT2D eigenvalue weighted by Crippen LogP contribution is -2.54. The summed E-state index contributed by atoms with van der Waals surface area (Å²) >= 11 is 0. The molecule has 1 unspecified atom stereocenters. The molecule has 14 nitrogen and oxygen atoms in total. The summed E-state index contributed by atoms with van der Waals surface area (Å²) in [7, 11) is 0. The van der Waals surface area contributed by atoms with Gasteiger partial charge in [0.05, 0.1) is 17.9 Å². The van der Waals surface area contributed by atoms with Crippen LogP contribution in [0, 0.1) is 0 Å². The Hall–Kier alpha value is -5.89. The number of aromatic nitrogens is 2. The third kappa shape index (κ3) is 7.77. The molecule has 4 aromatic rings. The Labute approximate surface area is 363 Å². The van der Waals surface area contributed by atoms with Gasteiger partial charge in [0.2, 0.25) is 17.7 Å². The molecule has 4 N–H and O–H groups in total. The Bertz CT molecular complexity index is 2330. The molecule has 2 bridgehead atoms. The Balaban J connectivity index is 0.704. The van der Waals surface area contributed by atoms with Crippen LogP contribution in [0.3, 0.4) is 0 Å². The summed E-state index contributed by atoms with van der Waals surface area (Å²) in [5, 5.41) is 21.5. The van der Waals surface area contributed by atoms with Gasteiger partial charge in [-0.05, 0) is 98.6 Å². The molecule has 1 aromatic heterocycles. The summed E-state index contributed by atoms with van der Waals surface area (Å²) in [4.78, 5) is 49.6. The number of rotatable bonds is 9. The number of likely N-dealkylation sites (tertiary alicyclic amines) is 2. The fraction of sp³-hybridized carbons (Fsp3) is 0.479. The number of hydrogen-bond donors (Lipinski definition) is 3. The second-order valence-electron chi connectivity index (χ2n) is 18.3. The van der Waals surface area contributed by atoms with E-state index in [-0.39, 0.29) is 35.6 Å². The van der Waals surface area contributed by atoms with E-state index < -0.39 is 0 Å². The highest BCUT2D eigenvalue weighted by atomic mass is 16.5. The van der Waals surface area contributed by atoms with Crippen LogP contribution >= 0.6 is 0 Å². The maximum absolute atomic E-state index is 13.6. The Morgan fingerprint density at radius 2 is 1.60 bits per heavy atom. The fourth-order valence-electron chi connectivity index (χ4n) is 11.3. The summed E-state index contributed by atoms with van der Waals surface area (Å²) in [6.07, 6.45) is 6.77. The first-order valence-electron chi connectivity index (χ1n) is 22.6. The number of nitrogen functional groups attached to an aromatic ring is 1. The number of nitrogens with one attached hydrogen (secondary N) is 1. The van der Waals surface area contributed by atoms with E-state index in [1.54, 1.807) is 12.1 Å². The number of fused-ring (bicyclic) bond motifs is 3. The van der Waals surface area contributed by atoms with Gasteiger partial charge in [-0.3, -0.25) is 24.6 Å². The summed E-state index contributed by atoms with van der Waals surface area (Å²) in [6, 6.07) is 24.4. The number of piperidine rings is 3. The molecule has 0 radical (unpaired) electrons. The average Bonchev–Trinajstić information content (AvgIpc) is 3.76. The summed E-state index contributed by atoms with van der Waals surface area (Å²) in [5.74, 6) is 1.99. The van der Waals surface area contributed by atoms with Gasteiger partial charge in [-0.15, -0.1) is 10.2 Å². The van der Waals surface area contributed by atoms with Gasteiger partial charge in [0.1, 0.15) is 23.6 Å². The number of anilines is 4. The molecule has 3 amide bonds. The molecule has 4 atom stereocenters. The number of para-hydroxylation sites is 1. The zero-order chi connectivity index (χ0) is 42.5. The minimum atomic E-state index is -0.303. The number of hydrogen-bond acceptors (Lipinski definition) is 12. The monoisotopic (exact) mass is 839 g/mol. The lowest BCUT2D eigenvalue weighted by atomic mass is 9.83. The van der Waals surface area contributed by atoms with Crippen LogP contribution in [0.4, 0.5) is 22.9 Å². The Morgan fingerprint density at radius 1 is 0.839 bits per heavy atom. The molecule has 6 aliphatic rings. The molecule has 14 heteroatoms. The normalized spacial score (nSPS) is 24.7. The van der Waals surface area contributed by atoms with E-state index in [1.807, 2.05) is 29.2 Å². The SMILES string of the molecule is C[C@@H]1CN(C2CCC(=O)NC2=O)c2cccc(C3CCN(CC(=O)N4CCC(Oc5cccc(N6[C@@H]7CC[C@H]6CN(c6cc(-c8ccccc8O)nnc6N)C7)c5)CC4)CC3)c21. The zero-order valence-corrected chi connectivity index (χ0v) is 35.5. The van der Waals surface area contributed by atoms with Crippen LogP contribution in [0.15, 0.2) is 72.8 Å². The van der Waals surface area contributed by atoms with Gasteiger partial charge in [-0.2, -0.15) is 0 Å². The molecule has 62 heavy (non-hydrogen) atoms. The molecule has 0 aliphatic carbocycles. The van der Waals surface area contributed by atoms with E-state index in [4.69, 9.17) is 10.5 Å². The van der Waals surface area contributed by atoms with E-state index in [0.29, 0.717) is 73.5 Å². The van der Waals surface area contributed by atoms with Crippen molar-refractivity contribution < 1.29 is 24.2 Å². The van der Waals surface area contributed by atoms with Gasteiger partial charge < -0.3 is 35.2 Å². The highest BCUT2D eigenvalue weighted by molar-refractivity contribution is 6.02. The minimum absolute atomic E-state index is 0.0555. The molecule has 324 valence electrons. The molecule has 3 aromatic carbocycles. The van der Waals surface area contributed by atoms with Crippen LogP contribution in [-0.2, 0) is 14.4 Å². The number of phenolic OH excluding ortho intramolecular Hbond substituents is 1. The zero-order valence-electron chi connectivity index (χ0n) is 35.5. The number of piperazine rings is 1. The van der Waals surface area contributed by atoms with Crippen LogP contribution in [0.1, 0.15) is 81.3 Å². The predicted octanol–water partition coefficient (Wildman–Crippen LogP) is 5.27. The quantitative estimate of drug-likeness (QED) is 0.188. The van der Waals surface area contributed by atoms with Crippen LogP contribution < -0.4 is 30.5 Å². The highest BCUT2D eigenvalue weighted by Gasteiger charge is 2.42. The van der Waals surface area contributed by atoms with E-state index in [1.165, 1.54) is 16.8 Å². The third-order valence-electron chi connectivity index (χ3n) is 14.4. The first-order valence-corrected chi connectivity index (χ1v) is 22.6. The van der Waals surface area contributed by atoms with Crippen LogP contribution in [0.5, 0.6) is 11.5 Å². The summed E-state index contributed by atoms with van der Waals surface area (Å²) < 4.78 is 6.60. The molecule has 0 saturated carbocycles. The number of carbonyl (C=O) groups is 3. The van der Waals surface area contributed by atoms with Gasteiger partial charge in [-0.1, -0.05) is 37.3 Å². The maximum Gasteiger partial charge on any atom is 0.249 e. The number of imide groups is 1. The van der Waals surface area contributed by atoms with E-state index in [9.17, 15) is 19.5 Å². The number of amides is 3. The summed E-state index contributed by atoms with van der Waals surface area (Å²) in [5.41, 5.74) is 13.5. The van der Waals surface area contributed by atoms with Crippen molar-refractivity contribution >= 4 is 40.6 Å². The van der Waals surface area contributed by atoms with Crippen molar-refractivity contribution in [3.05, 3.63) is 83.9 Å². The van der Waals surface area contributed by atoms with Crippen molar-refractivity contribution in [1.29, 1.82) is 0 Å². The van der Waals surface area contributed by atoms with E-state index >= 15 is 0 Å². The number of nitrogens with zero attached hydrogens (tertiary/aromatic N) is 7. The fourth-order valence-corrected chi connectivity index (χ4v) is 11.3. The molecule has 7 heterocycles. The van der Waals surface area contributed by atoms with Crippen molar-refractivity contribution in [2.75, 3.05) is 72.8 Å². The predicted molar refractivity (Wildman–Crippen MR) is 239 cm³/mol. The lowest BCUT2D eigenvalue weighted by molar-refractivity contribution is -0.135. The molecular weight excluding hydrogens is 783 g/mol. The number of benzene rings is 3. The van der Waals surface area contributed by atoms with Crippen molar-refractivity contribution in [1.82, 2.24) is 25.3 Å². The van der Waals surface area contributed by atoms with Crippen molar-refractivity contribution in [3.8, 4) is 22.8 Å². The average molecular weight is 840 g/mol. The maximum atomic E-state index is 13.6. The Morgan fingerprint density at radius 3 is 2.35 bits per heavy atom. The van der Waals surface area contributed by atoms with Gasteiger partial charge in [0, 0.05) is 93.0 Å². The number of phenols is 1. The third-order valence-corrected chi connectivity index (χ3v) is 14.4. The molecule has 10 rings (SSSR count). The van der Waals surface area contributed by atoms with Crippen LogP contribution in [0.2, 0.25) is 0 Å². The van der Waals surface area contributed by atoms with Gasteiger partial charge >= 0.3 is 0 Å². The van der Waals surface area contributed by atoms with Crippen molar-refractivity contribution in [2.24, 2.45) is 0 Å². The number of nitrogens with two attached hydrogens (primary N) is 1. The molecule has 5 saturated heterocycles. The smallest absolute Gasteiger partial charge is 0.249 e. The van der Waals surface area contributed by atoms with E-state index in [0.717, 1.165) is 88.4 Å². The lowest BCUT2D eigenvalue weighted by Gasteiger charge is -2.43. The second-order valence-corrected chi connectivity index (χ2v) is 18.3. The minimum Gasteiger partial charge on any atom is -0.507 e. The van der Waals surface area contributed by atoms with Crippen molar-refractivity contribution in [2.45, 2.75) is 94.4 Å². The first kappa shape index (κ1) is 40.2. The Kier molecular flexibility index (Phi) is 10.9.